The Bertz CT molecular complexity index is 692. The van der Waals surface area contributed by atoms with Crippen LogP contribution in [-0.4, -0.2) is 40.1 Å². The normalized spacial score (nSPS) is 11.0. The summed E-state index contributed by atoms with van der Waals surface area (Å²) in [5.41, 5.74) is 1.18. The molecular formula is C15H17N5O. The zero-order valence-electron chi connectivity index (χ0n) is 12.5. The Morgan fingerprint density at radius 2 is 1.90 bits per heavy atom. The molecule has 6 heteroatoms. The van der Waals surface area contributed by atoms with E-state index < -0.39 is 5.41 Å². The summed E-state index contributed by atoms with van der Waals surface area (Å²) in [5, 5.41) is 15.8. The number of rotatable bonds is 3. The first kappa shape index (κ1) is 14.7. The van der Waals surface area contributed by atoms with Crippen molar-refractivity contribution in [2.45, 2.75) is 19.3 Å². The zero-order valence-corrected chi connectivity index (χ0v) is 12.5. The number of carbonyl (C=O) groups is 1. The van der Waals surface area contributed by atoms with Crippen LogP contribution in [0.1, 0.15) is 30.0 Å². The molecule has 0 bridgehead atoms. The van der Waals surface area contributed by atoms with E-state index in [4.69, 9.17) is 5.26 Å². The van der Waals surface area contributed by atoms with Crippen molar-refractivity contribution in [3.63, 3.8) is 0 Å². The average molecular weight is 283 g/mol. The van der Waals surface area contributed by atoms with E-state index in [1.165, 1.54) is 4.90 Å². The smallest absolute Gasteiger partial charge is 0.290 e. The Kier molecular flexibility index (Phi) is 3.76. The molecule has 1 aromatic carbocycles. The summed E-state index contributed by atoms with van der Waals surface area (Å²) in [6.07, 6.45) is 0. The van der Waals surface area contributed by atoms with Crippen LogP contribution in [0.3, 0.4) is 0 Å². The minimum Gasteiger partial charge on any atom is -0.342 e. The average Bonchev–Trinajstić information content (AvgIpc) is 2.96. The Morgan fingerprint density at radius 3 is 2.43 bits per heavy atom. The van der Waals surface area contributed by atoms with Crippen molar-refractivity contribution < 1.29 is 4.79 Å². The van der Waals surface area contributed by atoms with Gasteiger partial charge in [0.25, 0.3) is 5.91 Å². The van der Waals surface area contributed by atoms with Crippen LogP contribution in [0.5, 0.6) is 0 Å². The minimum absolute atomic E-state index is 0.205. The standard InChI is InChI=1S/C15H17N5O/c1-15(2,9-16)11-7-5-10(6-8-11)12-17-13(19-18-12)14(21)20(3)4/h5-8H,1-4H3,(H,17,18,19). The molecule has 0 radical (unpaired) electrons. The van der Waals surface area contributed by atoms with Crippen LogP contribution in [0.25, 0.3) is 11.4 Å². The number of hydrogen-bond acceptors (Lipinski definition) is 4. The molecule has 1 aromatic heterocycles. The first-order valence-corrected chi connectivity index (χ1v) is 6.51. The number of H-pyrrole nitrogens is 1. The van der Waals surface area contributed by atoms with Crippen LogP contribution in [0.15, 0.2) is 24.3 Å². The van der Waals surface area contributed by atoms with E-state index in [9.17, 15) is 4.79 Å². The third-order valence-electron chi connectivity index (χ3n) is 3.24. The number of benzene rings is 1. The molecule has 0 aliphatic carbocycles. The summed E-state index contributed by atoms with van der Waals surface area (Å²) in [4.78, 5) is 17.4. The van der Waals surface area contributed by atoms with E-state index in [0.717, 1.165) is 11.1 Å². The molecule has 0 saturated carbocycles. The van der Waals surface area contributed by atoms with Gasteiger partial charge in [0.15, 0.2) is 5.82 Å². The Balaban J connectivity index is 2.28. The molecule has 1 N–H and O–H groups in total. The number of nitrogens with one attached hydrogen (secondary N) is 1. The second kappa shape index (κ2) is 5.37. The van der Waals surface area contributed by atoms with Crippen LogP contribution < -0.4 is 0 Å². The lowest BCUT2D eigenvalue weighted by atomic mass is 9.86. The number of carbonyl (C=O) groups excluding carboxylic acids is 1. The molecule has 108 valence electrons. The monoisotopic (exact) mass is 283 g/mol. The van der Waals surface area contributed by atoms with Gasteiger partial charge in [-0.05, 0) is 19.4 Å². The van der Waals surface area contributed by atoms with Gasteiger partial charge in [0, 0.05) is 19.7 Å². The van der Waals surface area contributed by atoms with Crippen molar-refractivity contribution in [3.8, 4) is 17.5 Å². The topological polar surface area (TPSA) is 85.7 Å². The number of nitrogens with zero attached hydrogens (tertiary/aromatic N) is 4. The summed E-state index contributed by atoms with van der Waals surface area (Å²) < 4.78 is 0. The molecule has 0 aliphatic heterocycles. The molecule has 0 aliphatic rings. The predicted molar refractivity (Wildman–Crippen MR) is 78.5 cm³/mol. The Morgan fingerprint density at radius 1 is 1.29 bits per heavy atom. The Hall–Kier alpha value is -2.68. The fourth-order valence-corrected chi connectivity index (χ4v) is 1.80. The van der Waals surface area contributed by atoms with E-state index in [0.29, 0.717) is 5.82 Å². The SMILES string of the molecule is CN(C)C(=O)c1nc(-c2ccc(C(C)(C)C#N)cc2)n[nH]1. The number of hydrogen-bond donors (Lipinski definition) is 1. The number of aromatic nitrogens is 3. The fourth-order valence-electron chi connectivity index (χ4n) is 1.80. The van der Waals surface area contributed by atoms with Gasteiger partial charge >= 0.3 is 0 Å². The van der Waals surface area contributed by atoms with Gasteiger partial charge in [-0.15, -0.1) is 0 Å². The highest BCUT2D eigenvalue weighted by molar-refractivity contribution is 5.90. The lowest BCUT2D eigenvalue weighted by molar-refractivity contribution is 0.0816. The maximum atomic E-state index is 11.8. The van der Waals surface area contributed by atoms with Gasteiger partial charge in [-0.1, -0.05) is 24.3 Å². The first-order valence-electron chi connectivity index (χ1n) is 6.51. The van der Waals surface area contributed by atoms with Crippen LogP contribution in [0.4, 0.5) is 0 Å². The quantitative estimate of drug-likeness (QED) is 0.933. The van der Waals surface area contributed by atoms with Gasteiger partial charge in [-0.2, -0.15) is 10.4 Å². The van der Waals surface area contributed by atoms with Crippen LogP contribution >= 0.6 is 0 Å². The summed E-state index contributed by atoms with van der Waals surface area (Å²) in [6, 6.07) is 9.71. The minimum atomic E-state index is -0.538. The van der Waals surface area contributed by atoms with Crippen LogP contribution in [0, 0.1) is 11.3 Å². The molecule has 21 heavy (non-hydrogen) atoms. The molecular weight excluding hydrogens is 266 g/mol. The summed E-state index contributed by atoms with van der Waals surface area (Å²) in [6.45, 7) is 3.73. The van der Waals surface area contributed by atoms with Crippen LogP contribution in [-0.2, 0) is 5.41 Å². The molecule has 1 amide bonds. The second-order valence-electron chi connectivity index (χ2n) is 5.52. The van der Waals surface area contributed by atoms with Gasteiger partial charge in [-0.25, -0.2) is 4.98 Å². The lowest BCUT2D eigenvalue weighted by Crippen LogP contribution is -2.22. The van der Waals surface area contributed by atoms with Gasteiger partial charge < -0.3 is 4.90 Å². The van der Waals surface area contributed by atoms with Crippen molar-refractivity contribution in [3.05, 3.63) is 35.7 Å². The molecule has 2 rings (SSSR count). The third kappa shape index (κ3) is 2.92. The maximum absolute atomic E-state index is 11.8. The molecule has 1 heterocycles. The summed E-state index contributed by atoms with van der Waals surface area (Å²) in [7, 11) is 3.31. The second-order valence-corrected chi connectivity index (χ2v) is 5.52. The largest absolute Gasteiger partial charge is 0.342 e. The zero-order chi connectivity index (χ0) is 15.6. The van der Waals surface area contributed by atoms with E-state index >= 15 is 0 Å². The summed E-state index contributed by atoms with van der Waals surface area (Å²) in [5.74, 6) is 0.439. The van der Waals surface area contributed by atoms with Crippen molar-refractivity contribution >= 4 is 5.91 Å². The van der Waals surface area contributed by atoms with Gasteiger partial charge in [0.1, 0.15) is 0 Å². The highest BCUT2D eigenvalue weighted by Gasteiger charge is 2.20. The third-order valence-corrected chi connectivity index (χ3v) is 3.24. The van der Waals surface area contributed by atoms with E-state index in [1.54, 1.807) is 14.1 Å². The summed E-state index contributed by atoms with van der Waals surface area (Å²) >= 11 is 0. The van der Waals surface area contributed by atoms with Crippen LogP contribution in [0.2, 0.25) is 0 Å². The van der Waals surface area contributed by atoms with E-state index in [2.05, 4.69) is 21.3 Å². The van der Waals surface area contributed by atoms with Gasteiger partial charge in [-0.3, -0.25) is 9.89 Å². The molecule has 0 saturated heterocycles. The number of aromatic amines is 1. The van der Waals surface area contributed by atoms with Crippen molar-refractivity contribution in [1.82, 2.24) is 20.1 Å². The molecule has 0 atom stereocenters. The maximum Gasteiger partial charge on any atom is 0.290 e. The highest BCUT2D eigenvalue weighted by Crippen LogP contribution is 2.24. The van der Waals surface area contributed by atoms with Gasteiger partial charge in [0.05, 0.1) is 11.5 Å². The predicted octanol–water partition coefficient (Wildman–Crippen LogP) is 1.97. The van der Waals surface area contributed by atoms with Crippen molar-refractivity contribution in [2.24, 2.45) is 0 Å². The molecule has 2 aromatic rings. The van der Waals surface area contributed by atoms with Gasteiger partial charge in [0.2, 0.25) is 5.82 Å². The molecule has 0 spiro atoms. The molecule has 6 nitrogen and oxygen atoms in total. The van der Waals surface area contributed by atoms with Crippen molar-refractivity contribution in [2.75, 3.05) is 14.1 Å². The molecule has 0 fully saturated rings. The Labute approximate surface area is 123 Å². The molecule has 0 unspecified atom stereocenters. The van der Waals surface area contributed by atoms with Crippen molar-refractivity contribution in [1.29, 1.82) is 5.26 Å². The van der Waals surface area contributed by atoms with E-state index in [1.807, 2.05) is 38.1 Å². The highest BCUT2D eigenvalue weighted by atomic mass is 16.2. The number of amides is 1. The van der Waals surface area contributed by atoms with E-state index in [-0.39, 0.29) is 11.7 Å². The number of nitriles is 1. The fraction of sp³-hybridized carbons (Fsp3) is 0.333. The lowest BCUT2D eigenvalue weighted by Gasteiger charge is -2.15. The first-order chi connectivity index (χ1) is 9.85.